The molecular formula is C32H35N5O7. The van der Waals surface area contributed by atoms with Gasteiger partial charge >= 0.3 is 0 Å². The maximum Gasteiger partial charge on any atom is 0.249 e. The van der Waals surface area contributed by atoms with Crippen molar-refractivity contribution in [3.05, 3.63) is 71.8 Å². The van der Waals surface area contributed by atoms with Crippen LogP contribution in [0.4, 0.5) is 5.69 Å². The molecule has 1 N–H and O–H groups in total. The van der Waals surface area contributed by atoms with Crippen LogP contribution in [0.1, 0.15) is 41.7 Å². The number of aromatic nitrogens is 3. The fourth-order valence-electron chi connectivity index (χ4n) is 5.33. The summed E-state index contributed by atoms with van der Waals surface area (Å²) in [6.45, 7) is 2.16. The van der Waals surface area contributed by atoms with Crippen LogP contribution in [0.2, 0.25) is 0 Å². The van der Waals surface area contributed by atoms with Gasteiger partial charge in [0.25, 0.3) is 0 Å². The molecule has 1 aliphatic heterocycles. The lowest BCUT2D eigenvalue weighted by atomic mass is 10.0. The van der Waals surface area contributed by atoms with Gasteiger partial charge < -0.3 is 24.3 Å². The summed E-state index contributed by atoms with van der Waals surface area (Å²) in [6.07, 6.45) is 1.61. The number of hydrogen-bond donors (Lipinski definition) is 1. The highest BCUT2D eigenvalue weighted by Crippen LogP contribution is 2.41. The molecule has 2 amide bonds. The fourth-order valence-corrected chi connectivity index (χ4v) is 5.33. The van der Waals surface area contributed by atoms with Crippen molar-refractivity contribution in [2.24, 2.45) is 0 Å². The fraction of sp³-hybridized carbons (Fsp3) is 0.344. The van der Waals surface area contributed by atoms with Crippen LogP contribution >= 0.6 is 0 Å². The Hall–Kier alpha value is -4.97. The highest BCUT2D eigenvalue weighted by atomic mass is 16.5. The van der Waals surface area contributed by atoms with Crippen molar-refractivity contribution in [3.63, 3.8) is 0 Å². The normalized spacial score (nSPS) is 15.0. The Labute approximate surface area is 254 Å². The zero-order chi connectivity index (χ0) is 31.2. The van der Waals surface area contributed by atoms with Gasteiger partial charge in [0.15, 0.2) is 17.3 Å². The van der Waals surface area contributed by atoms with Crippen LogP contribution < -0.4 is 24.4 Å². The van der Waals surface area contributed by atoms with Gasteiger partial charge in [0.05, 0.1) is 33.0 Å². The Balaban J connectivity index is 1.63. The number of nitrogens with one attached hydrogen (secondary N) is 1. The van der Waals surface area contributed by atoms with Crippen molar-refractivity contribution >= 4 is 34.3 Å². The highest BCUT2D eigenvalue weighted by Gasteiger charge is 2.35. The largest absolute Gasteiger partial charge is 0.493 e. The lowest BCUT2D eigenvalue weighted by molar-refractivity contribution is -0.127. The number of methoxy groups -OCH3 is 3. The molecule has 2 atom stereocenters. The first-order valence-electron chi connectivity index (χ1n) is 14.2. The van der Waals surface area contributed by atoms with Gasteiger partial charge in [-0.05, 0) is 73.9 Å². The maximum atomic E-state index is 14.4. The third-order valence-electron chi connectivity index (χ3n) is 7.56. The Morgan fingerprint density at radius 1 is 1.02 bits per heavy atom. The quantitative estimate of drug-likeness (QED) is 0.241. The minimum atomic E-state index is -1.18. The lowest BCUT2D eigenvalue weighted by Gasteiger charge is -2.32. The third kappa shape index (κ3) is 6.35. The molecule has 0 saturated carbocycles. The summed E-state index contributed by atoms with van der Waals surface area (Å²) in [7, 11) is 4.44. The molecule has 5 rings (SSSR count). The molecule has 12 heteroatoms. The van der Waals surface area contributed by atoms with E-state index in [1.807, 2.05) is 18.2 Å². The van der Waals surface area contributed by atoms with Gasteiger partial charge in [-0.2, -0.15) is 0 Å². The minimum absolute atomic E-state index is 0.125. The second-order valence-electron chi connectivity index (χ2n) is 10.3. The van der Waals surface area contributed by atoms with Crippen molar-refractivity contribution in [1.82, 2.24) is 20.3 Å². The van der Waals surface area contributed by atoms with E-state index in [2.05, 4.69) is 15.6 Å². The van der Waals surface area contributed by atoms with Crippen LogP contribution in [-0.4, -0.2) is 73.2 Å². The molecule has 1 saturated heterocycles. The maximum absolute atomic E-state index is 14.4. The first-order chi connectivity index (χ1) is 21.3. The zero-order valence-electron chi connectivity index (χ0n) is 25.1. The van der Waals surface area contributed by atoms with Gasteiger partial charge in [0.2, 0.25) is 17.6 Å². The van der Waals surface area contributed by atoms with Crippen LogP contribution in [0.25, 0.3) is 11.0 Å². The predicted octanol–water partition coefficient (Wildman–Crippen LogP) is 3.73. The van der Waals surface area contributed by atoms with Crippen molar-refractivity contribution in [3.8, 4) is 17.2 Å². The first-order valence-corrected chi connectivity index (χ1v) is 14.2. The second-order valence-corrected chi connectivity index (χ2v) is 10.3. The van der Waals surface area contributed by atoms with Crippen LogP contribution in [0.15, 0.2) is 60.7 Å². The summed E-state index contributed by atoms with van der Waals surface area (Å²) < 4.78 is 23.9. The van der Waals surface area contributed by atoms with Gasteiger partial charge in [-0.1, -0.05) is 17.3 Å². The van der Waals surface area contributed by atoms with E-state index in [4.69, 9.17) is 18.9 Å². The number of benzene rings is 3. The molecule has 12 nitrogen and oxygen atoms in total. The topological polar surface area (TPSA) is 134 Å². The van der Waals surface area contributed by atoms with Crippen LogP contribution in [-0.2, 0) is 20.9 Å². The van der Waals surface area contributed by atoms with Crippen molar-refractivity contribution in [2.45, 2.75) is 38.5 Å². The van der Waals surface area contributed by atoms with Crippen LogP contribution in [0.3, 0.4) is 0 Å². The Kier molecular flexibility index (Phi) is 9.39. The van der Waals surface area contributed by atoms with E-state index in [0.717, 1.165) is 12.8 Å². The van der Waals surface area contributed by atoms with E-state index in [1.165, 1.54) is 37.8 Å². The van der Waals surface area contributed by atoms with Crippen molar-refractivity contribution in [1.29, 1.82) is 0 Å². The molecule has 1 aromatic heterocycles. The molecule has 0 aliphatic carbocycles. The average molecular weight is 602 g/mol. The molecule has 3 aromatic carbocycles. The molecule has 0 spiro atoms. The number of rotatable bonds is 12. The molecule has 2 heterocycles. The van der Waals surface area contributed by atoms with Gasteiger partial charge in [-0.25, -0.2) is 4.68 Å². The Morgan fingerprint density at radius 3 is 2.34 bits per heavy atom. The molecule has 230 valence electrons. The molecule has 44 heavy (non-hydrogen) atoms. The van der Waals surface area contributed by atoms with E-state index in [1.54, 1.807) is 42.5 Å². The summed E-state index contributed by atoms with van der Waals surface area (Å²) in [5.41, 5.74) is 2.58. The summed E-state index contributed by atoms with van der Waals surface area (Å²) in [5.74, 6) is -0.0285. The lowest BCUT2D eigenvalue weighted by Crippen LogP contribution is -2.46. The standard InChI is InChI=1S/C32H35N5O7/c1-20(38)21-11-13-23(14-12-21)37(29(39)19-36-26-10-6-5-9-25(26)34-35-36)30(32(40)33-18-24-8-7-15-44-24)22-16-27(41-2)31(43-4)28(17-22)42-3/h5-6,9-14,16-17,24,30H,7-8,15,18-19H2,1-4H3,(H,33,40)/t24-,30+/m0/s1. The minimum Gasteiger partial charge on any atom is -0.493 e. The number of amides is 2. The van der Waals surface area contributed by atoms with Crippen molar-refractivity contribution in [2.75, 3.05) is 39.4 Å². The number of ketones is 1. The SMILES string of the molecule is COc1cc([C@H](C(=O)NC[C@@H]2CCCO2)N(C(=O)Cn2nnc3ccccc32)c2ccc(C(C)=O)cc2)cc(OC)c1OC. The number of nitrogens with zero attached hydrogens (tertiary/aromatic N) is 4. The first kappa shape index (κ1) is 30.5. The summed E-state index contributed by atoms with van der Waals surface area (Å²) >= 11 is 0. The number of carbonyl (C=O) groups is 3. The van der Waals surface area contributed by atoms with Crippen LogP contribution in [0, 0.1) is 0 Å². The number of para-hydroxylation sites is 1. The van der Waals surface area contributed by atoms with Crippen LogP contribution in [0.5, 0.6) is 17.2 Å². The molecule has 0 bridgehead atoms. The summed E-state index contributed by atoms with van der Waals surface area (Å²) in [4.78, 5) is 42.0. The second kappa shape index (κ2) is 13.6. The van der Waals surface area contributed by atoms with E-state index in [0.29, 0.717) is 51.7 Å². The Bertz CT molecular complexity index is 1620. The molecular weight excluding hydrogens is 566 g/mol. The van der Waals surface area contributed by atoms with Crippen molar-refractivity contribution < 1.29 is 33.3 Å². The smallest absolute Gasteiger partial charge is 0.249 e. The molecule has 0 radical (unpaired) electrons. The number of anilines is 1. The number of fused-ring (bicyclic) bond motifs is 1. The molecule has 1 fully saturated rings. The average Bonchev–Trinajstić information content (AvgIpc) is 3.72. The van der Waals surface area contributed by atoms with Gasteiger partial charge in [0.1, 0.15) is 18.1 Å². The van der Waals surface area contributed by atoms with Gasteiger partial charge in [0, 0.05) is 24.4 Å². The van der Waals surface area contributed by atoms with E-state index in [9.17, 15) is 14.4 Å². The number of Topliss-reactive ketones (excluding diaryl/α,β-unsaturated/α-hetero) is 1. The zero-order valence-corrected chi connectivity index (χ0v) is 25.1. The van der Waals surface area contributed by atoms with E-state index >= 15 is 0 Å². The van der Waals surface area contributed by atoms with E-state index < -0.39 is 17.9 Å². The Morgan fingerprint density at radius 2 is 1.73 bits per heavy atom. The highest BCUT2D eigenvalue weighted by molar-refractivity contribution is 6.02. The molecule has 4 aromatic rings. The predicted molar refractivity (Wildman–Crippen MR) is 162 cm³/mol. The monoisotopic (exact) mass is 601 g/mol. The molecule has 1 aliphatic rings. The van der Waals surface area contributed by atoms with Gasteiger partial charge in [-0.15, -0.1) is 5.10 Å². The van der Waals surface area contributed by atoms with Gasteiger partial charge in [-0.3, -0.25) is 19.3 Å². The number of carbonyl (C=O) groups excluding carboxylic acids is 3. The summed E-state index contributed by atoms with van der Waals surface area (Å²) in [5, 5.41) is 11.4. The van der Waals surface area contributed by atoms with E-state index in [-0.39, 0.29) is 25.0 Å². The molecule has 0 unspecified atom stereocenters. The third-order valence-corrected chi connectivity index (χ3v) is 7.56. The number of ether oxygens (including phenoxy) is 4. The number of hydrogen-bond acceptors (Lipinski definition) is 9. The summed E-state index contributed by atoms with van der Waals surface area (Å²) in [6, 6.07) is 15.9.